The average molecular weight is 604 g/mol. The van der Waals surface area contributed by atoms with Crippen LogP contribution < -0.4 is 0 Å². The highest BCUT2D eigenvalue weighted by Gasteiger charge is 2.83. The largest absolute Gasteiger partial charge is 0.481 e. The number of carbonyl (C=O) groups excluding carboxylic acids is 1. The summed E-state index contributed by atoms with van der Waals surface area (Å²) in [6.45, 7) is 14.3. The molecule has 5 aliphatic carbocycles. The van der Waals surface area contributed by atoms with Crippen LogP contribution in [0.25, 0.3) is 0 Å². The maximum absolute atomic E-state index is 13.1. The standard InChI is InChI=1S/C35H57NO7/c1-22(19-23(41-6)7-10-29(38)39)24-20-27(37)33(5)26-9-8-25-31(2,3)28(43-30(40)36-15-17-42-18-16-36)11-12-34(25)21-35(26,34)14-13-32(24,33)4/h22-28,37H,7-21H2,1-6H3,(H,38,39)/t22-,23?,24?,25?,26+,27+,28+,32-,33?,34-,35?/m1/s1. The van der Waals surface area contributed by atoms with Crippen molar-refractivity contribution in [1.82, 2.24) is 4.90 Å². The molecule has 43 heavy (non-hydrogen) atoms. The van der Waals surface area contributed by atoms with Crippen molar-refractivity contribution in [2.24, 2.45) is 50.7 Å². The molecular formula is C35H57NO7. The van der Waals surface area contributed by atoms with E-state index in [-0.39, 0.29) is 52.5 Å². The zero-order chi connectivity index (χ0) is 31.0. The number of hydrogen-bond donors (Lipinski definition) is 2. The van der Waals surface area contributed by atoms with E-state index < -0.39 is 5.97 Å². The Morgan fingerprint density at radius 2 is 1.67 bits per heavy atom. The van der Waals surface area contributed by atoms with Crippen LogP contribution in [0.3, 0.4) is 0 Å². The molecule has 8 nitrogen and oxygen atoms in total. The van der Waals surface area contributed by atoms with Crippen molar-refractivity contribution in [1.29, 1.82) is 0 Å². The Hall–Kier alpha value is -1.38. The number of amides is 1. The zero-order valence-corrected chi connectivity index (χ0v) is 27.5. The van der Waals surface area contributed by atoms with E-state index in [9.17, 15) is 19.8 Å². The topological polar surface area (TPSA) is 106 Å². The van der Waals surface area contributed by atoms with E-state index in [1.165, 1.54) is 12.8 Å². The summed E-state index contributed by atoms with van der Waals surface area (Å²) in [5.41, 5.74) is 0.423. The van der Waals surface area contributed by atoms with Gasteiger partial charge in [-0.1, -0.05) is 34.6 Å². The predicted molar refractivity (Wildman–Crippen MR) is 162 cm³/mol. The van der Waals surface area contributed by atoms with Crippen molar-refractivity contribution in [3.05, 3.63) is 0 Å². The number of fused-ring (bicyclic) bond motifs is 2. The minimum absolute atomic E-state index is 0.0455. The van der Waals surface area contributed by atoms with Gasteiger partial charge in [-0.25, -0.2) is 4.79 Å². The number of aliphatic hydroxyl groups excluding tert-OH is 1. The Labute approximate surface area is 258 Å². The summed E-state index contributed by atoms with van der Waals surface area (Å²) in [6.07, 6.45) is 9.70. The van der Waals surface area contributed by atoms with Crippen LogP contribution in [-0.4, -0.2) is 78.9 Å². The number of carboxylic acid groups (broad SMARTS) is 1. The number of aliphatic hydroxyl groups is 1. The zero-order valence-electron chi connectivity index (χ0n) is 27.5. The second kappa shape index (κ2) is 10.9. The molecule has 2 spiro atoms. The summed E-state index contributed by atoms with van der Waals surface area (Å²) >= 11 is 0. The molecule has 6 rings (SSSR count). The number of carboxylic acids is 1. The normalized spacial score (nSPS) is 46.0. The number of methoxy groups -OCH3 is 1. The van der Waals surface area contributed by atoms with Crippen LogP contribution >= 0.6 is 0 Å². The number of aliphatic carboxylic acids is 1. The number of nitrogens with zero attached hydrogens (tertiary/aromatic N) is 1. The molecule has 8 heteroatoms. The first-order chi connectivity index (χ1) is 20.3. The maximum Gasteiger partial charge on any atom is 0.410 e. The second-order valence-electron chi connectivity index (χ2n) is 16.6. The van der Waals surface area contributed by atoms with E-state index >= 15 is 0 Å². The highest BCUT2D eigenvalue weighted by molar-refractivity contribution is 5.68. The quantitative estimate of drug-likeness (QED) is 0.343. The third-order valence-electron chi connectivity index (χ3n) is 15.0. The van der Waals surface area contributed by atoms with Gasteiger partial charge in [-0.15, -0.1) is 0 Å². The molecule has 0 aromatic carbocycles. The number of hydrogen-bond acceptors (Lipinski definition) is 6. The van der Waals surface area contributed by atoms with Crippen LogP contribution in [0.1, 0.15) is 105 Å². The monoisotopic (exact) mass is 603 g/mol. The summed E-state index contributed by atoms with van der Waals surface area (Å²) in [6, 6.07) is 0. The van der Waals surface area contributed by atoms with Crippen molar-refractivity contribution >= 4 is 12.1 Å². The summed E-state index contributed by atoms with van der Waals surface area (Å²) < 4.78 is 17.5. The summed E-state index contributed by atoms with van der Waals surface area (Å²) in [7, 11) is 1.70. The van der Waals surface area contributed by atoms with Crippen molar-refractivity contribution in [2.45, 2.75) is 124 Å². The van der Waals surface area contributed by atoms with E-state index in [1.807, 2.05) is 4.90 Å². The summed E-state index contributed by atoms with van der Waals surface area (Å²) in [5.74, 6) is 1.02. The molecule has 0 bridgehead atoms. The molecule has 244 valence electrons. The number of morpholine rings is 1. The van der Waals surface area contributed by atoms with Gasteiger partial charge in [0.05, 0.1) is 25.4 Å². The van der Waals surface area contributed by atoms with E-state index in [1.54, 1.807) is 7.11 Å². The molecule has 1 saturated heterocycles. The predicted octanol–water partition coefficient (Wildman–Crippen LogP) is 6.14. The van der Waals surface area contributed by atoms with E-state index in [4.69, 9.17) is 14.2 Å². The molecule has 0 aromatic rings. The Kier molecular flexibility index (Phi) is 7.98. The van der Waals surface area contributed by atoms with Gasteiger partial charge in [-0.2, -0.15) is 0 Å². The van der Waals surface area contributed by atoms with E-state index in [2.05, 4.69) is 34.6 Å². The van der Waals surface area contributed by atoms with Crippen LogP contribution in [0.5, 0.6) is 0 Å². The van der Waals surface area contributed by atoms with Gasteiger partial charge in [-0.3, -0.25) is 4.79 Å². The van der Waals surface area contributed by atoms with E-state index in [0.29, 0.717) is 61.8 Å². The average Bonchev–Trinajstić information content (AvgIpc) is 3.59. The first kappa shape index (κ1) is 31.6. The van der Waals surface area contributed by atoms with Crippen LogP contribution in [0, 0.1) is 50.7 Å². The Balaban J connectivity index is 1.19. The lowest BCUT2D eigenvalue weighted by molar-refractivity contribution is -0.183. The highest BCUT2D eigenvalue weighted by atomic mass is 16.6. The SMILES string of the molecule is COC(CCC(=O)O)C[C@@H](C)C1C[C@H](O)C2(C)[C@@H]3CCC4C(C)(C)[C@@H](OC(=O)N5CCOCC5)CC[C@@]45CC35CC[C@]12C. The molecule has 6 fully saturated rings. The second-order valence-corrected chi connectivity index (χ2v) is 16.6. The molecule has 1 aliphatic heterocycles. The lowest BCUT2D eigenvalue weighted by Gasteiger charge is -2.64. The number of carbonyl (C=O) groups is 2. The molecule has 6 aliphatic rings. The van der Waals surface area contributed by atoms with Crippen LogP contribution in [0.2, 0.25) is 0 Å². The Morgan fingerprint density at radius 1 is 1.00 bits per heavy atom. The summed E-state index contributed by atoms with van der Waals surface area (Å²) in [5, 5.41) is 21.2. The molecule has 1 amide bonds. The van der Waals surface area contributed by atoms with Gasteiger partial charge in [0.1, 0.15) is 6.10 Å². The fraction of sp³-hybridized carbons (Fsp3) is 0.943. The lowest BCUT2D eigenvalue weighted by Crippen LogP contribution is -2.60. The summed E-state index contributed by atoms with van der Waals surface area (Å²) in [4.78, 5) is 26.1. The minimum Gasteiger partial charge on any atom is -0.481 e. The third kappa shape index (κ3) is 4.53. The van der Waals surface area contributed by atoms with Gasteiger partial charge < -0.3 is 29.3 Å². The molecule has 2 N–H and O–H groups in total. The van der Waals surface area contributed by atoms with Gasteiger partial charge >= 0.3 is 12.1 Å². The van der Waals surface area contributed by atoms with Gasteiger partial charge in [0.15, 0.2) is 0 Å². The van der Waals surface area contributed by atoms with Gasteiger partial charge in [0, 0.05) is 37.5 Å². The lowest BCUT2D eigenvalue weighted by atomic mass is 9.41. The molecular weight excluding hydrogens is 546 g/mol. The van der Waals surface area contributed by atoms with Crippen molar-refractivity contribution in [3.63, 3.8) is 0 Å². The number of ether oxygens (including phenoxy) is 3. The fourth-order valence-corrected chi connectivity index (χ4v) is 12.6. The van der Waals surface area contributed by atoms with Crippen LogP contribution in [-0.2, 0) is 19.0 Å². The first-order valence-corrected chi connectivity index (χ1v) is 17.2. The molecule has 0 aromatic heterocycles. The van der Waals surface area contributed by atoms with Crippen molar-refractivity contribution < 1.29 is 34.0 Å². The van der Waals surface area contributed by atoms with Crippen LogP contribution in [0.15, 0.2) is 0 Å². The Morgan fingerprint density at radius 3 is 2.35 bits per heavy atom. The van der Waals surface area contributed by atoms with Gasteiger partial charge in [0.2, 0.25) is 0 Å². The maximum atomic E-state index is 13.1. The third-order valence-corrected chi connectivity index (χ3v) is 15.0. The molecule has 0 radical (unpaired) electrons. The molecule has 5 saturated carbocycles. The molecule has 1 heterocycles. The smallest absolute Gasteiger partial charge is 0.410 e. The van der Waals surface area contributed by atoms with Crippen molar-refractivity contribution in [2.75, 3.05) is 33.4 Å². The minimum atomic E-state index is -0.774. The fourth-order valence-electron chi connectivity index (χ4n) is 12.6. The van der Waals surface area contributed by atoms with E-state index in [0.717, 1.165) is 44.9 Å². The first-order valence-electron chi connectivity index (χ1n) is 17.2. The number of rotatable bonds is 8. The van der Waals surface area contributed by atoms with Crippen molar-refractivity contribution in [3.8, 4) is 0 Å². The van der Waals surface area contributed by atoms with Gasteiger partial charge in [0.25, 0.3) is 0 Å². The molecule has 11 atom stereocenters. The molecule has 5 unspecified atom stereocenters. The highest BCUT2D eigenvalue weighted by Crippen LogP contribution is 2.89. The Bertz CT molecular complexity index is 1090. The van der Waals surface area contributed by atoms with Gasteiger partial charge in [-0.05, 0) is 104 Å². The van der Waals surface area contributed by atoms with Crippen LogP contribution in [0.4, 0.5) is 4.79 Å².